The summed E-state index contributed by atoms with van der Waals surface area (Å²) in [6.07, 6.45) is 2.11. The third kappa shape index (κ3) is 6.30. The fourth-order valence-electron chi connectivity index (χ4n) is 2.62. The topological polar surface area (TPSA) is 64.1 Å². The number of anilines is 1. The molecule has 2 aromatic carbocycles. The minimum absolute atomic E-state index is 0.202. The van der Waals surface area contributed by atoms with Crippen LogP contribution in [-0.4, -0.2) is 22.7 Å². The molecule has 0 aliphatic heterocycles. The van der Waals surface area contributed by atoms with E-state index in [4.69, 9.17) is 4.74 Å². The Labute approximate surface area is 179 Å². The molecule has 0 radical (unpaired) electrons. The van der Waals surface area contributed by atoms with Crippen LogP contribution in [-0.2, 0) is 5.75 Å². The van der Waals surface area contributed by atoms with Crippen molar-refractivity contribution in [1.82, 2.24) is 10.2 Å². The van der Waals surface area contributed by atoms with Crippen LogP contribution in [0.3, 0.4) is 0 Å². The summed E-state index contributed by atoms with van der Waals surface area (Å²) >= 11 is 3.01. The Hall–Kier alpha value is -2.38. The lowest BCUT2D eigenvalue weighted by Crippen LogP contribution is -2.11. The fourth-order valence-corrected chi connectivity index (χ4v) is 4.43. The van der Waals surface area contributed by atoms with Crippen LogP contribution >= 0.6 is 23.1 Å². The number of thioether (sulfide) groups is 1. The molecule has 1 amide bonds. The molecule has 5 nitrogen and oxygen atoms in total. The van der Waals surface area contributed by atoms with Gasteiger partial charge in [-0.15, -0.1) is 10.2 Å². The van der Waals surface area contributed by atoms with Crippen LogP contribution < -0.4 is 10.1 Å². The second kappa shape index (κ2) is 10.4. The number of nitrogens with zero attached hydrogens (tertiary/aromatic N) is 2. The summed E-state index contributed by atoms with van der Waals surface area (Å²) in [4.78, 5) is 12.4. The molecule has 0 bridgehead atoms. The lowest BCUT2D eigenvalue weighted by molar-refractivity contribution is 0.102. The van der Waals surface area contributed by atoms with Crippen molar-refractivity contribution in [2.45, 2.75) is 43.7 Å². The number of carbonyl (C=O) groups is 1. The lowest BCUT2D eigenvalue weighted by atomic mass is 10.1. The highest BCUT2D eigenvalue weighted by Crippen LogP contribution is 2.29. The van der Waals surface area contributed by atoms with Gasteiger partial charge in [-0.2, -0.15) is 0 Å². The molecular formula is C22H25N3O2S2. The van der Waals surface area contributed by atoms with Gasteiger partial charge in [-0.25, -0.2) is 0 Å². The minimum Gasteiger partial charge on any atom is -0.494 e. The third-order valence-corrected chi connectivity index (χ3v) is 6.39. The zero-order valence-corrected chi connectivity index (χ0v) is 18.5. The molecule has 0 saturated heterocycles. The van der Waals surface area contributed by atoms with Gasteiger partial charge in [0.2, 0.25) is 5.13 Å². The smallest absolute Gasteiger partial charge is 0.257 e. The first-order chi connectivity index (χ1) is 14.0. The molecule has 7 heteroatoms. The molecular weight excluding hydrogens is 402 g/mol. The number of nitrogens with one attached hydrogen (secondary N) is 1. The number of aromatic nitrogens is 2. The van der Waals surface area contributed by atoms with Gasteiger partial charge in [0.25, 0.3) is 5.91 Å². The van der Waals surface area contributed by atoms with E-state index >= 15 is 0 Å². The van der Waals surface area contributed by atoms with E-state index in [0.29, 0.717) is 17.3 Å². The first-order valence-corrected chi connectivity index (χ1v) is 11.4. The Kier molecular flexibility index (Phi) is 7.66. The number of unbranched alkanes of at least 4 members (excludes halogenated alkanes) is 1. The Balaban J connectivity index is 1.54. The number of ether oxygens (including phenoxy) is 1. The van der Waals surface area contributed by atoms with Gasteiger partial charge in [0.1, 0.15) is 5.75 Å². The first-order valence-electron chi connectivity index (χ1n) is 9.62. The Morgan fingerprint density at radius 2 is 1.93 bits per heavy atom. The van der Waals surface area contributed by atoms with Crippen molar-refractivity contribution in [3.63, 3.8) is 0 Å². The zero-order chi connectivity index (χ0) is 20.6. The van der Waals surface area contributed by atoms with Gasteiger partial charge in [0.05, 0.1) is 6.61 Å². The summed E-state index contributed by atoms with van der Waals surface area (Å²) in [5.74, 6) is 1.40. The molecule has 0 aliphatic carbocycles. The molecule has 0 fully saturated rings. The SMILES string of the molecule is CCCCOc1ccc(C(=O)Nc2nnc(SCc3cc(C)ccc3C)s2)cc1. The quantitative estimate of drug-likeness (QED) is 0.262. The molecule has 152 valence electrons. The van der Waals surface area contributed by atoms with Gasteiger partial charge in [0.15, 0.2) is 4.34 Å². The number of benzene rings is 2. The average Bonchev–Trinajstić information content (AvgIpc) is 3.16. The zero-order valence-electron chi connectivity index (χ0n) is 16.9. The number of rotatable bonds is 9. The van der Waals surface area contributed by atoms with Crippen molar-refractivity contribution in [3.05, 3.63) is 64.7 Å². The summed E-state index contributed by atoms with van der Waals surface area (Å²) in [5, 5.41) is 11.6. The summed E-state index contributed by atoms with van der Waals surface area (Å²) < 4.78 is 6.46. The summed E-state index contributed by atoms with van der Waals surface area (Å²) in [7, 11) is 0. The summed E-state index contributed by atoms with van der Waals surface area (Å²) in [6.45, 7) is 7.02. The lowest BCUT2D eigenvalue weighted by Gasteiger charge is -2.06. The first kappa shape index (κ1) is 21.3. The molecule has 1 heterocycles. The van der Waals surface area contributed by atoms with E-state index in [1.165, 1.54) is 28.0 Å². The van der Waals surface area contributed by atoms with Crippen molar-refractivity contribution in [2.75, 3.05) is 11.9 Å². The van der Waals surface area contributed by atoms with Crippen molar-refractivity contribution < 1.29 is 9.53 Å². The number of carbonyl (C=O) groups excluding carboxylic acids is 1. The van der Waals surface area contributed by atoms with Gasteiger partial charge in [-0.3, -0.25) is 10.1 Å². The van der Waals surface area contributed by atoms with Crippen LogP contribution in [0.1, 0.15) is 46.8 Å². The van der Waals surface area contributed by atoms with Crippen molar-refractivity contribution in [2.24, 2.45) is 0 Å². The second-order valence-corrected chi connectivity index (χ2v) is 8.97. The molecule has 3 rings (SSSR count). The maximum Gasteiger partial charge on any atom is 0.257 e. The van der Waals surface area contributed by atoms with Crippen molar-refractivity contribution in [3.8, 4) is 5.75 Å². The third-order valence-electron chi connectivity index (χ3n) is 4.37. The van der Waals surface area contributed by atoms with E-state index in [1.54, 1.807) is 23.9 Å². The average molecular weight is 428 g/mol. The maximum absolute atomic E-state index is 12.4. The molecule has 3 aromatic rings. The highest BCUT2D eigenvalue weighted by Gasteiger charge is 2.11. The molecule has 1 aromatic heterocycles. The molecule has 1 N–H and O–H groups in total. The fraction of sp³-hybridized carbons (Fsp3) is 0.318. The van der Waals surface area contributed by atoms with Gasteiger partial charge >= 0.3 is 0 Å². The van der Waals surface area contributed by atoms with E-state index in [1.807, 2.05) is 12.1 Å². The van der Waals surface area contributed by atoms with E-state index in [-0.39, 0.29) is 5.91 Å². The van der Waals surface area contributed by atoms with Crippen LogP contribution in [0.15, 0.2) is 46.8 Å². The predicted octanol–water partition coefficient (Wildman–Crippen LogP) is 5.88. The minimum atomic E-state index is -0.202. The van der Waals surface area contributed by atoms with E-state index in [2.05, 4.69) is 54.5 Å². The van der Waals surface area contributed by atoms with Crippen LogP contribution in [0.5, 0.6) is 5.75 Å². The van der Waals surface area contributed by atoms with Crippen molar-refractivity contribution in [1.29, 1.82) is 0 Å². The molecule has 0 spiro atoms. The van der Waals surface area contributed by atoms with Gasteiger partial charge in [-0.05, 0) is 55.7 Å². The predicted molar refractivity (Wildman–Crippen MR) is 120 cm³/mol. The van der Waals surface area contributed by atoms with E-state index in [9.17, 15) is 4.79 Å². The number of aryl methyl sites for hydroxylation is 2. The summed E-state index contributed by atoms with van der Waals surface area (Å²) in [6, 6.07) is 13.6. The Morgan fingerprint density at radius 1 is 1.14 bits per heavy atom. The number of amides is 1. The van der Waals surface area contributed by atoms with Gasteiger partial charge in [-0.1, -0.05) is 60.2 Å². The van der Waals surface area contributed by atoms with E-state index < -0.39 is 0 Å². The normalized spacial score (nSPS) is 10.7. The van der Waals surface area contributed by atoms with Crippen LogP contribution in [0.25, 0.3) is 0 Å². The van der Waals surface area contributed by atoms with Gasteiger partial charge < -0.3 is 4.74 Å². The second-order valence-electron chi connectivity index (χ2n) is 6.77. The molecule has 0 saturated carbocycles. The van der Waals surface area contributed by atoms with Gasteiger partial charge in [0, 0.05) is 11.3 Å². The standard InChI is InChI=1S/C22H25N3O2S2/c1-4-5-12-27-19-10-8-17(9-11-19)20(26)23-21-24-25-22(29-21)28-14-18-13-15(2)6-7-16(18)3/h6-11,13H,4-5,12,14H2,1-3H3,(H,23,24,26). The van der Waals surface area contributed by atoms with Crippen molar-refractivity contribution >= 4 is 34.1 Å². The molecule has 0 unspecified atom stereocenters. The molecule has 0 atom stereocenters. The Bertz CT molecular complexity index is 955. The van der Waals surface area contributed by atoms with Crippen LogP contribution in [0.2, 0.25) is 0 Å². The summed E-state index contributed by atoms with van der Waals surface area (Å²) in [5.41, 5.74) is 4.37. The largest absolute Gasteiger partial charge is 0.494 e. The van der Waals surface area contributed by atoms with Crippen LogP contribution in [0.4, 0.5) is 5.13 Å². The maximum atomic E-state index is 12.4. The Morgan fingerprint density at radius 3 is 2.69 bits per heavy atom. The molecule has 0 aliphatic rings. The molecule has 29 heavy (non-hydrogen) atoms. The number of hydrogen-bond acceptors (Lipinski definition) is 6. The van der Waals surface area contributed by atoms with E-state index in [0.717, 1.165) is 28.7 Å². The highest BCUT2D eigenvalue weighted by atomic mass is 32.2. The number of hydrogen-bond donors (Lipinski definition) is 1. The van der Waals surface area contributed by atoms with Crippen LogP contribution in [0, 0.1) is 13.8 Å². The monoisotopic (exact) mass is 427 g/mol. The highest BCUT2D eigenvalue weighted by molar-refractivity contribution is 8.00.